The van der Waals surface area contributed by atoms with Gasteiger partial charge in [-0.2, -0.15) is 17.5 Å². The molecule has 146 valence electrons. The first-order valence-electron chi connectivity index (χ1n) is 8.06. The second kappa shape index (κ2) is 6.96. The highest BCUT2D eigenvalue weighted by molar-refractivity contribution is 7.89. The SMILES string of the molecule is CN([C@H](c1ccc(Cl)cc1)C(F)(F)F)S(=O)(=O)c1cc2n(c(=O)c1)CCC2. The number of benzene rings is 1. The summed E-state index contributed by atoms with van der Waals surface area (Å²) in [6, 6.07) is 4.52. The van der Waals surface area contributed by atoms with Gasteiger partial charge in [0.1, 0.15) is 6.04 Å². The van der Waals surface area contributed by atoms with Crippen LogP contribution in [0.1, 0.15) is 23.7 Å². The second-order valence-electron chi connectivity index (χ2n) is 6.29. The van der Waals surface area contributed by atoms with E-state index in [4.69, 9.17) is 11.6 Å². The lowest BCUT2D eigenvalue weighted by atomic mass is 10.1. The van der Waals surface area contributed by atoms with Gasteiger partial charge in [-0.15, -0.1) is 0 Å². The highest BCUT2D eigenvalue weighted by Crippen LogP contribution is 2.39. The largest absolute Gasteiger partial charge is 0.409 e. The topological polar surface area (TPSA) is 59.4 Å². The van der Waals surface area contributed by atoms with Crippen LogP contribution in [0.4, 0.5) is 13.2 Å². The van der Waals surface area contributed by atoms with Gasteiger partial charge in [0.15, 0.2) is 0 Å². The third-order valence-electron chi connectivity index (χ3n) is 4.54. The fourth-order valence-corrected chi connectivity index (χ4v) is 4.72. The monoisotopic (exact) mass is 420 g/mol. The quantitative estimate of drug-likeness (QED) is 0.762. The zero-order chi connectivity index (χ0) is 20.0. The minimum atomic E-state index is -4.86. The van der Waals surface area contributed by atoms with Crippen molar-refractivity contribution in [2.75, 3.05) is 7.05 Å². The van der Waals surface area contributed by atoms with Crippen molar-refractivity contribution in [2.24, 2.45) is 0 Å². The van der Waals surface area contributed by atoms with Crippen molar-refractivity contribution in [3.8, 4) is 0 Å². The van der Waals surface area contributed by atoms with Gasteiger partial charge in [-0.3, -0.25) is 4.79 Å². The Balaban J connectivity index is 2.08. The summed E-state index contributed by atoms with van der Waals surface area (Å²) in [7, 11) is -3.70. The molecule has 1 aromatic heterocycles. The molecule has 0 radical (unpaired) electrons. The first-order valence-corrected chi connectivity index (χ1v) is 9.87. The molecule has 0 amide bonds. The van der Waals surface area contributed by atoms with Crippen LogP contribution in [0.5, 0.6) is 0 Å². The van der Waals surface area contributed by atoms with Crippen LogP contribution < -0.4 is 5.56 Å². The second-order valence-corrected chi connectivity index (χ2v) is 8.73. The summed E-state index contributed by atoms with van der Waals surface area (Å²) in [5.74, 6) is 0. The predicted octanol–water partition coefficient (Wildman–Crippen LogP) is 3.37. The third kappa shape index (κ3) is 3.76. The van der Waals surface area contributed by atoms with Crippen molar-refractivity contribution in [1.82, 2.24) is 8.87 Å². The molecule has 0 N–H and O–H groups in total. The van der Waals surface area contributed by atoms with E-state index in [0.717, 1.165) is 25.2 Å². The first kappa shape index (κ1) is 19.9. The summed E-state index contributed by atoms with van der Waals surface area (Å²) in [6.07, 6.45) is -3.67. The fourth-order valence-electron chi connectivity index (χ4n) is 3.21. The molecule has 1 atom stereocenters. The number of hydrogen-bond donors (Lipinski definition) is 0. The molecule has 10 heteroatoms. The van der Waals surface area contributed by atoms with Crippen LogP contribution in [0.15, 0.2) is 46.1 Å². The average molecular weight is 421 g/mol. The molecule has 1 aliphatic rings. The van der Waals surface area contributed by atoms with Gasteiger partial charge in [0.05, 0.1) is 4.90 Å². The molecule has 2 aromatic rings. The maximum atomic E-state index is 13.7. The summed E-state index contributed by atoms with van der Waals surface area (Å²) >= 11 is 5.72. The van der Waals surface area contributed by atoms with Crippen LogP contribution >= 0.6 is 11.6 Å². The lowest BCUT2D eigenvalue weighted by Crippen LogP contribution is -2.40. The number of hydrogen-bond acceptors (Lipinski definition) is 3. The average Bonchev–Trinajstić information content (AvgIpc) is 3.04. The Kier molecular flexibility index (Phi) is 5.13. The molecule has 1 aromatic carbocycles. The van der Waals surface area contributed by atoms with Crippen LogP contribution in [0.3, 0.4) is 0 Å². The zero-order valence-corrected chi connectivity index (χ0v) is 15.8. The van der Waals surface area contributed by atoms with Gasteiger partial charge < -0.3 is 4.57 Å². The van der Waals surface area contributed by atoms with Gasteiger partial charge in [-0.25, -0.2) is 8.42 Å². The van der Waals surface area contributed by atoms with Crippen molar-refractivity contribution in [2.45, 2.75) is 36.5 Å². The summed E-state index contributed by atoms with van der Waals surface area (Å²) in [5, 5.41) is 0.233. The lowest BCUT2D eigenvalue weighted by molar-refractivity contribution is -0.171. The van der Waals surface area contributed by atoms with E-state index in [1.54, 1.807) is 0 Å². The van der Waals surface area contributed by atoms with Gasteiger partial charge in [0, 0.05) is 30.4 Å². The molecule has 5 nitrogen and oxygen atoms in total. The predicted molar refractivity (Wildman–Crippen MR) is 94.2 cm³/mol. The number of sulfonamides is 1. The van der Waals surface area contributed by atoms with E-state index in [1.165, 1.54) is 22.8 Å². The van der Waals surface area contributed by atoms with Crippen LogP contribution in [-0.4, -0.2) is 30.5 Å². The Morgan fingerprint density at radius 2 is 1.81 bits per heavy atom. The molecule has 0 bridgehead atoms. The minimum Gasteiger partial charge on any atom is -0.313 e. The number of rotatable bonds is 4. The Bertz CT molecular complexity index is 1020. The van der Waals surface area contributed by atoms with Crippen molar-refractivity contribution in [1.29, 1.82) is 0 Å². The fraction of sp³-hybridized carbons (Fsp3) is 0.353. The summed E-state index contributed by atoms with van der Waals surface area (Å²) in [5.41, 5.74) is -0.299. The van der Waals surface area contributed by atoms with Crippen molar-refractivity contribution >= 4 is 21.6 Å². The highest BCUT2D eigenvalue weighted by Gasteiger charge is 2.47. The standard InChI is InChI=1S/C17H16ClF3N2O3S/c1-22(16(17(19,20)21)11-4-6-12(18)7-5-11)27(25,26)14-9-13-3-2-8-23(13)15(24)10-14/h4-7,9-10,16H,2-3,8H2,1H3/t16-/m1/s1. The first-order chi connectivity index (χ1) is 12.5. The number of halogens is 4. The Morgan fingerprint density at radius 3 is 2.41 bits per heavy atom. The van der Waals surface area contributed by atoms with E-state index < -0.39 is 32.7 Å². The van der Waals surface area contributed by atoms with Crippen LogP contribution in [0.2, 0.25) is 5.02 Å². The molecule has 0 aliphatic carbocycles. The van der Waals surface area contributed by atoms with Crippen molar-refractivity contribution < 1.29 is 21.6 Å². The number of fused-ring (bicyclic) bond motifs is 1. The van der Waals surface area contributed by atoms with E-state index in [9.17, 15) is 26.4 Å². The summed E-state index contributed by atoms with van der Waals surface area (Å²) in [6.45, 7) is 0.473. The molecule has 0 saturated heterocycles. The third-order valence-corrected chi connectivity index (χ3v) is 6.59. The Labute approximate surface area is 159 Å². The smallest absolute Gasteiger partial charge is 0.313 e. The van der Waals surface area contributed by atoms with Crippen LogP contribution in [0, 0.1) is 0 Å². The molecule has 0 unspecified atom stereocenters. The molecule has 3 rings (SSSR count). The van der Waals surface area contributed by atoms with Gasteiger partial charge in [-0.05, 0) is 36.6 Å². The molecular formula is C17H16ClF3N2O3S. The van der Waals surface area contributed by atoms with Gasteiger partial charge in [0.25, 0.3) is 5.56 Å². The Morgan fingerprint density at radius 1 is 1.19 bits per heavy atom. The molecular weight excluding hydrogens is 405 g/mol. The number of aryl methyl sites for hydroxylation is 1. The molecule has 2 heterocycles. The van der Waals surface area contributed by atoms with E-state index in [2.05, 4.69) is 0 Å². The highest BCUT2D eigenvalue weighted by atomic mass is 35.5. The van der Waals surface area contributed by atoms with Crippen LogP contribution in [0.25, 0.3) is 0 Å². The van der Waals surface area contributed by atoms with E-state index in [0.29, 0.717) is 25.1 Å². The van der Waals surface area contributed by atoms with Gasteiger partial charge in [-0.1, -0.05) is 23.7 Å². The molecule has 27 heavy (non-hydrogen) atoms. The molecule has 1 aliphatic heterocycles. The maximum Gasteiger partial charge on any atom is 0.409 e. The van der Waals surface area contributed by atoms with E-state index in [-0.39, 0.29) is 14.9 Å². The number of aromatic nitrogens is 1. The number of alkyl halides is 3. The minimum absolute atomic E-state index is 0.233. The lowest BCUT2D eigenvalue weighted by Gasteiger charge is -2.29. The van der Waals surface area contributed by atoms with E-state index >= 15 is 0 Å². The number of nitrogens with zero attached hydrogens (tertiary/aromatic N) is 2. The van der Waals surface area contributed by atoms with Gasteiger partial charge >= 0.3 is 6.18 Å². The zero-order valence-electron chi connectivity index (χ0n) is 14.2. The maximum absolute atomic E-state index is 13.7. The normalized spacial score (nSPS) is 15.8. The van der Waals surface area contributed by atoms with Crippen LogP contribution in [-0.2, 0) is 23.0 Å². The van der Waals surface area contributed by atoms with Crippen molar-refractivity contribution in [3.05, 3.63) is 63.0 Å². The Hall–Kier alpha value is -1.84. The number of pyridine rings is 1. The molecule has 0 saturated carbocycles. The van der Waals surface area contributed by atoms with Gasteiger partial charge in [0.2, 0.25) is 10.0 Å². The molecule has 0 spiro atoms. The summed E-state index contributed by atoms with van der Waals surface area (Å²) < 4.78 is 68.5. The molecule has 0 fully saturated rings. The van der Waals surface area contributed by atoms with E-state index in [1.807, 2.05) is 0 Å². The summed E-state index contributed by atoms with van der Waals surface area (Å²) in [4.78, 5) is 11.7. The van der Waals surface area contributed by atoms with Crippen molar-refractivity contribution in [3.63, 3.8) is 0 Å².